The first kappa shape index (κ1) is 12.0. The average molecular weight is 236 g/mol. The Bertz CT molecular complexity index is 349. The lowest BCUT2D eigenvalue weighted by Crippen LogP contribution is -3.20. The fraction of sp³-hybridized carbons (Fsp3) is 0.500. The van der Waals surface area contributed by atoms with Crippen LogP contribution >= 0.6 is 0 Å². The molecule has 1 fully saturated rings. The van der Waals surface area contributed by atoms with E-state index in [1.165, 1.54) is 26.2 Å². The van der Waals surface area contributed by atoms with Gasteiger partial charge < -0.3 is 15.5 Å². The van der Waals surface area contributed by atoms with Gasteiger partial charge in [-0.15, -0.1) is 0 Å². The minimum atomic E-state index is -0.0754. The number of aromatic nitrogens is 1. The SMILES string of the molecule is O=C(NCC[NH+]1CC[NH2+]CC1)c1ccccn1. The Morgan fingerprint density at radius 1 is 1.41 bits per heavy atom. The Hall–Kier alpha value is -1.46. The van der Waals surface area contributed by atoms with Gasteiger partial charge in [-0.3, -0.25) is 9.78 Å². The minimum Gasteiger partial charge on any atom is -0.345 e. The molecule has 0 bridgehead atoms. The average Bonchev–Trinajstić information content (AvgIpc) is 2.41. The van der Waals surface area contributed by atoms with E-state index in [0.717, 1.165) is 13.1 Å². The van der Waals surface area contributed by atoms with E-state index < -0.39 is 0 Å². The Morgan fingerprint density at radius 2 is 2.24 bits per heavy atom. The zero-order chi connectivity index (χ0) is 11.9. The van der Waals surface area contributed by atoms with E-state index in [1.54, 1.807) is 17.2 Å². The molecule has 1 aromatic heterocycles. The predicted octanol–water partition coefficient (Wildman–Crippen LogP) is -2.73. The number of hydrogen-bond donors (Lipinski definition) is 3. The Balaban J connectivity index is 1.69. The highest BCUT2D eigenvalue weighted by atomic mass is 16.1. The molecule has 2 rings (SSSR count). The number of nitrogens with zero attached hydrogens (tertiary/aromatic N) is 1. The van der Waals surface area contributed by atoms with Crippen LogP contribution in [0.4, 0.5) is 0 Å². The summed E-state index contributed by atoms with van der Waals surface area (Å²) in [5.74, 6) is -0.0754. The molecule has 0 unspecified atom stereocenters. The second kappa shape index (κ2) is 6.32. The van der Waals surface area contributed by atoms with E-state index in [1.807, 2.05) is 12.1 Å². The number of rotatable bonds is 4. The van der Waals surface area contributed by atoms with Crippen molar-refractivity contribution in [2.24, 2.45) is 0 Å². The third kappa shape index (κ3) is 3.80. The van der Waals surface area contributed by atoms with Crippen molar-refractivity contribution in [3.05, 3.63) is 30.1 Å². The number of carbonyl (C=O) groups is 1. The number of piperazine rings is 1. The largest absolute Gasteiger partial charge is 0.345 e. The molecule has 1 amide bonds. The highest BCUT2D eigenvalue weighted by molar-refractivity contribution is 5.92. The third-order valence-corrected chi connectivity index (χ3v) is 3.07. The maximum absolute atomic E-state index is 11.7. The molecule has 17 heavy (non-hydrogen) atoms. The zero-order valence-corrected chi connectivity index (χ0v) is 9.98. The highest BCUT2D eigenvalue weighted by Crippen LogP contribution is 1.91. The topological polar surface area (TPSA) is 63.0 Å². The van der Waals surface area contributed by atoms with Gasteiger partial charge in [0.05, 0.1) is 13.1 Å². The summed E-state index contributed by atoms with van der Waals surface area (Å²) in [7, 11) is 0. The van der Waals surface area contributed by atoms with Crippen LogP contribution in [0.3, 0.4) is 0 Å². The van der Waals surface area contributed by atoms with Gasteiger partial charge >= 0.3 is 0 Å². The molecule has 0 saturated carbocycles. The predicted molar refractivity (Wildman–Crippen MR) is 63.8 cm³/mol. The van der Waals surface area contributed by atoms with E-state index in [9.17, 15) is 4.79 Å². The van der Waals surface area contributed by atoms with Crippen LogP contribution in [0, 0.1) is 0 Å². The van der Waals surface area contributed by atoms with Gasteiger partial charge in [0.25, 0.3) is 5.91 Å². The summed E-state index contributed by atoms with van der Waals surface area (Å²) >= 11 is 0. The van der Waals surface area contributed by atoms with Gasteiger partial charge in [0, 0.05) is 6.20 Å². The Kier molecular flexibility index (Phi) is 4.46. The molecular weight excluding hydrogens is 216 g/mol. The van der Waals surface area contributed by atoms with Crippen molar-refractivity contribution in [1.82, 2.24) is 10.3 Å². The first-order chi connectivity index (χ1) is 8.36. The smallest absolute Gasteiger partial charge is 0.270 e. The quantitative estimate of drug-likeness (QED) is 0.532. The molecule has 0 spiro atoms. The van der Waals surface area contributed by atoms with Crippen LogP contribution in [-0.2, 0) is 0 Å². The van der Waals surface area contributed by atoms with Crippen LogP contribution in [0.2, 0.25) is 0 Å². The van der Waals surface area contributed by atoms with E-state index in [-0.39, 0.29) is 5.91 Å². The second-order valence-electron chi connectivity index (χ2n) is 4.34. The van der Waals surface area contributed by atoms with Gasteiger partial charge in [0.2, 0.25) is 0 Å². The summed E-state index contributed by atoms with van der Waals surface area (Å²) in [6, 6.07) is 5.37. The number of nitrogens with one attached hydrogen (secondary N) is 2. The van der Waals surface area contributed by atoms with Crippen molar-refractivity contribution in [3.8, 4) is 0 Å². The van der Waals surface area contributed by atoms with Crippen molar-refractivity contribution < 1.29 is 15.0 Å². The molecular formula is C12H20N4O+2. The van der Waals surface area contributed by atoms with Gasteiger partial charge in [0.15, 0.2) is 0 Å². The van der Waals surface area contributed by atoms with Gasteiger partial charge in [-0.25, -0.2) is 0 Å². The summed E-state index contributed by atoms with van der Waals surface area (Å²) in [6.07, 6.45) is 1.64. The second-order valence-corrected chi connectivity index (χ2v) is 4.34. The summed E-state index contributed by atoms with van der Waals surface area (Å²) in [5, 5.41) is 5.26. The number of hydrogen-bond acceptors (Lipinski definition) is 2. The monoisotopic (exact) mass is 236 g/mol. The van der Waals surface area contributed by atoms with Crippen molar-refractivity contribution in [3.63, 3.8) is 0 Å². The summed E-state index contributed by atoms with van der Waals surface area (Å²) in [5.41, 5.74) is 0.495. The van der Waals surface area contributed by atoms with Crippen molar-refractivity contribution in [1.29, 1.82) is 0 Å². The molecule has 5 heteroatoms. The lowest BCUT2D eigenvalue weighted by molar-refractivity contribution is -0.945. The maximum atomic E-state index is 11.7. The van der Waals surface area contributed by atoms with E-state index >= 15 is 0 Å². The van der Waals surface area contributed by atoms with Gasteiger partial charge in [0.1, 0.15) is 31.9 Å². The van der Waals surface area contributed by atoms with Crippen LogP contribution in [-0.4, -0.2) is 50.2 Å². The number of nitrogens with two attached hydrogens (primary N) is 1. The van der Waals surface area contributed by atoms with Gasteiger partial charge in [-0.05, 0) is 12.1 Å². The summed E-state index contributed by atoms with van der Waals surface area (Å²) in [6.45, 7) is 6.52. The molecule has 0 aliphatic carbocycles. The number of carbonyl (C=O) groups excluding carboxylic acids is 1. The number of pyridine rings is 1. The van der Waals surface area contributed by atoms with Crippen LogP contribution in [0.15, 0.2) is 24.4 Å². The van der Waals surface area contributed by atoms with Gasteiger partial charge in [-0.1, -0.05) is 6.07 Å². The molecule has 92 valence electrons. The van der Waals surface area contributed by atoms with Crippen molar-refractivity contribution in [2.75, 3.05) is 39.3 Å². The fourth-order valence-corrected chi connectivity index (χ4v) is 2.07. The molecule has 1 saturated heterocycles. The molecule has 2 heterocycles. The van der Waals surface area contributed by atoms with Crippen molar-refractivity contribution >= 4 is 5.91 Å². The lowest BCUT2D eigenvalue weighted by atomic mass is 10.3. The Labute approximate surface area is 101 Å². The Morgan fingerprint density at radius 3 is 2.94 bits per heavy atom. The van der Waals surface area contributed by atoms with Crippen LogP contribution in [0.25, 0.3) is 0 Å². The first-order valence-corrected chi connectivity index (χ1v) is 6.21. The molecule has 1 aromatic rings. The molecule has 0 atom stereocenters. The van der Waals surface area contributed by atoms with Gasteiger partial charge in [-0.2, -0.15) is 0 Å². The minimum absolute atomic E-state index is 0.0754. The number of quaternary nitrogens is 2. The molecule has 1 aliphatic rings. The highest BCUT2D eigenvalue weighted by Gasteiger charge is 2.15. The molecule has 1 aliphatic heterocycles. The molecule has 4 N–H and O–H groups in total. The van der Waals surface area contributed by atoms with E-state index in [2.05, 4.69) is 15.6 Å². The van der Waals surface area contributed by atoms with Crippen LogP contribution in [0.5, 0.6) is 0 Å². The third-order valence-electron chi connectivity index (χ3n) is 3.07. The van der Waals surface area contributed by atoms with E-state index in [4.69, 9.17) is 0 Å². The normalized spacial score (nSPS) is 16.7. The maximum Gasteiger partial charge on any atom is 0.270 e. The standard InChI is InChI=1S/C12H18N4O/c17-12(11-3-1-2-4-14-11)15-7-10-16-8-5-13-6-9-16/h1-4,13H,5-10H2,(H,15,17)/p+2. The lowest BCUT2D eigenvalue weighted by Gasteiger charge is -2.22. The first-order valence-electron chi connectivity index (χ1n) is 6.21. The number of amides is 1. The van der Waals surface area contributed by atoms with Crippen LogP contribution in [0.1, 0.15) is 10.5 Å². The van der Waals surface area contributed by atoms with Crippen molar-refractivity contribution in [2.45, 2.75) is 0 Å². The summed E-state index contributed by atoms with van der Waals surface area (Å²) in [4.78, 5) is 17.3. The molecule has 5 nitrogen and oxygen atoms in total. The summed E-state index contributed by atoms with van der Waals surface area (Å²) < 4.78 is 0. The molecule has 0 radical (unpaired) electrons. The zero-order valence-electron chi connectivity index (χ0n) is 9.98. The van der Waals surface area contributed by atoms with Crippen LogP contribution < -0.4 is 15.5 Å². The molecule has 0 aromatic carbocycles. The van der Waals surface area contributed by atoms with E-state index in [0.29, 0.717) is 5.69 Å². The fourth-order valence-electron chi connectivity index (χ4n) is 2.07.